The highest BCUT2D eigenvalue weighted by Crippen LogP contribution is 2.26. The number of alkyl halides is 1. The molecule has 26 heavy (non-hydrogen) atoms. The number of hydrogen-bond acceptors (Lipinski definition) is 4. The molecule has 2 unspecified atom stereocenters. The van der Waals surface area contributed by atoms with Crippen molar-refractivity contribution in [2.24, 2.45) is 11.7 Å². The van der Waals surface area contributed by atoms with E-state index in [0.29, 0.717) is 16.6 Å². The molecule has 0 fully saturated rings. The largest absolute Gasteiger partial charge is 0.369 e. The van der Waals surface area contributed by atoms with Gasteiger partial charge in [-0.25, -0.2) is 0 Å². The first-order chi connectivity index (χ1) is 12.2. The molecule has 2 atom stereocenters. The van der Waals surface area contributed by atoms with Gasteiger partial charge in [-0.2, -0.15) is 0 Å². The third kappa shape index (κ3) is 5.86. The molecule has 1 aromatic carbocycles. The van der Waals surface area contributed by atoms with E-state index in [1.165, 1.54) is 6.92 Å². The summed E-state index contributed by atoms with van der Waals surface area (Å²) in [4.78, 5) is 47.5. The van der Waals surface area contributed by atoms with Crippen molar-refractivity contribution in [2.75, 3.05) is 0 Å². The van der Waals surface area contributed by atoms with E-state index < -0.39 is 17.6 Å². The summed E-state index contributed by atoms with van der Waals surface area (Å²) in [6, 6.07) is 5.11. The second kappa shape index (κ2) is 10.4. The maximum Gasteiger partial charge on any atom is 0.225 e. The number of carbonyl (C=O) groups excluding carboxylic acids is 4. The van der Waals surface area contributed by atoms with Gasteiger partial charge in [-0.05, 0) is 31.7 Å². The van der Waals surface area contributed by atoms with E-state index in [-0.39, 0.29) is 35.3 Å². The van der Waals surface area contributed by atoms with Crippen LogP contribution >= 0.6 is 22.6 Å². The molecule has 0 aromatic heterocycles. The predicted molar refractivity (Wildman–Crippen MR) is 110 cm³/mol. The van der Waals surface area contributed by atoms with E-state index in [2.05, 4.69) is 29.2 Å². The third-order valence-corrected chi connectivity index (χ3v) is 5.58. The number of carbonyl (C=O) groups is 4. The summed E-state index contributed by atoms with van der Waals surface area (Å²) in [6.07, 6.45) is 2.45. The first-order valence-electron chi connectivity index (χ1n) is 8.46. The Morgan fingerprint density at radius 1 is 1.31 bits per heavy atom. The summed E-state index contributed by atoms with van der Waals surface area (Å²) in [6.45, 7) is 7.22. The average Bonchev–Trinajstić information content (AvgIpc) is 2.60. The minimum atomic E-state index is -0.930. The number of hydrogen-bond donors (Lipinski definition) is 1. The summed E-state index contributed by atoms with van der Waals surface area (Å²) in [5.74, 6) is -2.19. The Hall–Kier alpha value is -1.83. The highest BCUT2D eigenvalue weighted by atomic mass is 127. The summed E-state index contributed by atoms with van der Waals surface area (Å²) in [5.41, 5.74) is 6.73. The Morgan fingerprint density at radius 2 is 1.96 bits per heavy atom. The monoisotopic (exact) mass is 469 g/mol. The van der Waals surface area contributed by atoms with Crippen molar-refractivity contribution in [1.29, 1.82) is 0 Å². The molecular weight excluding hydrogens is 445 g/mol. The molecule has 140 valence electrons. The molecular formula is C20H24INO4. The molecule has 1 aromatic rings. The number of primary amides is 1. The molecule has 6 heteroatoms. The van der Waals surface area contributed by atoms with Gasteiger partial charge < -0.3 is 10.5 Å². The molecule has 0 aliphatic heterocycles. The number of ketones is 2. The highest BCUT2D eigenvalue weighted by Gasteiger charge is 2.28. The van der Waals surface area contributed by atoms with Gasteiger partial charge in [0.15, 0.2) is 12.1 Å². The fraction of sp³-hybridized carbons (Fsp3) is 0.400. The molecule has 1 rings (SSSR count). The lowest BCUT2D eigenvalue weighted by atomic mass is 9.85. The third-order valence-electron chi connectivity index (χ3n) is 4.26. The zero-order chi connectivity index (χ0) is 19.9. The van der Waals surface area contributed by atoms with Crippen molar-refractivity contribution < 1.29 is 19.2 Å². The van der Waals surface area contributed by atoms with Crippen LogP contribution in [-0.2, 0) is 16.0 Å². The van der Waals surface area contributed by atoms with Gasteiger partial charge in [0, 0.05) is 27.0 Å². The Bertz CT molecular complexity index is 727. The molecule has 0 heterocycles. The Kier molecular flexibility index (Phi) is 8.84. The van der Waals surface area contributed by atoms with Crippen LogP contribution in [0.25, 0.3) is 0 Å². The van der Waals surface area contributed by atoms with Crippen molar-refractivity contribution in [3.05, 3.63) is 47.0 Å². The van der Waals surface area contributed by atoms with Crippen LogP contribution in [0.15, 0.2) is 30.4 Å². The highest BCUT2D eigenvalue weighted by molar-refractivity contribution is 14.1. The van der Waals surface area contributed by atoms with Crippen molar-refractivity contribution in [3.8, 4) is 0 Å². The molecule has 0 aliphatic carbocycles. The summed E-state index contributed by atoms with van der Waals surface area (Å²) >= 11 is 2.30. The summed E-state index contributed by atoms with van der Waals surface area (Å²) < 4.78 is 0.305. The zero-order valence-corrected chi connectivity index (χ0v) is 17.2. The van der Waals surface area contributed by atoms with E-state index in [0.717, 1.165) is 12.0 Å². The second-order valence-corrected chi connectivity index (χ2v) is 8.02. The average molecular weight is 469 g/mol. The number of Topliss-reactive ketones (excluding diaryl/α,β-unsaturated/α-hetero) is 2. The molecule has 0 spiro atoms. The van der Waals surface area contributed by atoms with Crippen LogP contribution in [0.2, 0.25) is 0 Å². The van der Waals surface area contributed by atoms with Crippen molar-refractivity contribution in [1.82, 2.24) is 0 Å². The number of aldehydes is 1. The van der Waals surface area contributed by atoms with Crippen molar-refractivity contribution >= 4 is 46.4 Å². The number of nitrogens with two attached hydrogens (primary N) is 1. The normalized spacial score (nSPS) is 12.9. The van der Waals surface area contributed by atoms with Gasteiger partial charge in [0.25, 0.3) is 0 Å². The molecule has 1 amide bonds. The van der Waals surface area contributed by atoms with Gasteiger partial charge in [0.2, 0.25) is 5.91 Å². The molecule has 0 bridgehead atoms. The number of amides is 1. The zero-order valence-electron chi connectivity index (χ0n) is 15.1. The van der Waals surface area contributed by atoms with Crippen LogP contribution in [0.3, 0.4) is 0 Å². The smallest absolute Gasteiger partial charge is 0.225 e. The van der Waals surface area contributed by atoms with Gasteiger partial charge in [0.05, 0.1) is 5.92 Å². The Morgan fingerprint density at radius 3 is 2.46 bits per heavy atom. The van der Waals surface area contributed by atoms with Crippen LogP contribution in [0, 0.1) is 5.92 Å². The quantitative estimate of drug-likeness (QED) is 0.177. The van der Waals surface area contributed by atoms with Gasteiger partial charge in [0.1, 0.15) is 5.78 Å². The first-order valence-corrected chi connectivity index (χ1v) is 9.70. The minimum absolute atomic E-state index is 0.0239. The topological polar surface area (TPSA) is 94.3 Å². The molecule has 0 saturated carbocycles. The minimum Gasteiger partial charge on any atom is -0.369 e. The predicted octanol–water partition coefficient (Wildman–Crippen LogP) is 3.46. The molecule has 5 nitrogen and oxygen atoms in total. The summed E-state index contributed by atoms with van der Waals surface area (Å²) in [7, 11) is 0. The van der Waals surface area contributed by atoms with Crippen LogP contribution < -0.4 is 5.73 Å². The number of halogens is 1. The molecule has 2 N–H and O–H groups in total. The van der Waals surface area contributed by atoms with E-state index >= 15 is 0 Å². The van der Waals surface area contributed by atoms with Gasteiger partial charge in [-0.15, -0.1) is 0 Å². The molecule has 0 saturated heterocycles. The number of benzene rings is 1. The van der Waals surface area contributed by atoms with Crippen LogP contribution in [0.5, 0.6) is 0 Å². The van der Waals surface area contributed by atoms with E-state index in [1.807, 2.05) is 13.0 Å². The van der Waals surface area contributed by atoms with Crippen molar-refractivity contribution in [3.63, 3.8) is 0 Å². The van der Waals surface area contributed by atoms with Crippen LogP contribution in [-0.4, -0.2) is 27.7 Å². The van der Waals surface area contributed by atoms with Crippen LogP contribution in [0.4, 0.5) is 0 Å². The van der Waals surface area contributed by atoms with Crippen molar-refractivity contribution in [2.45, 2.75) is 43.5 Å². The van der Waals surface area contributed by atoms with Crippen LogP contribution in [0.1, 0.15) is 59.4 Å². The van der Waals surface area contributed by atoms with Gasteiger partial charge in [-0.1, -0.05) is 54.3 Å². The lowest BCUT2D eigenvalue weighted by Gasteiger charge is -2.18. The molecule has 0 radical (unpaired) electrons. The van der Waals surface area contributed by atoms with E-state index in [1.54, 1.807) is 12.1 Å². The lowest BCUT2D eigenvalue weighted by Crippen LogP contribution is -2.29. The maximum absolute atomic E-state index is 13.1. The van der Waals surface area contributed by atoms with Gasteiger partial charge in [-0.3, -0.25) is 14.4 Å². The second-order valence-electron chi connectivity index (χ2n) is 6.26. The fourth-order valence-electron chi connectivity index (χ4n) is 2.70. The molecule has 0 aliphatic rings. The van der Waals surface area contributed by atoms with E-state index in [4.69, 9.17) is 5.73 Å². The maximum atomic E-state index is 13.1. The van der Waals surface area contributed by atoms with Gasteiger partial charge >= 0.3 is 0 Å². The SMILES string of the molecule is C=C(C(=O)c1c(C=O)cccc1CC(I)CC)C(CCC(C)=O)C(N)=O. The Balaban J connectivity index is 3.28. The standard InChI is InChI=1S/C20H24INO4/c1-4-16(21)10-14-6-5-7-15(11-23)18(14)19(25)13(3)17(20(22)26)9-8-12(2)24/h5-7,11,16-17H,3-4,8-10H2,1-2H3,(H2,22,26). The Labute approximate surface area is 167 Å². The first kappa shape index (κ1) is 22.2. The summed E-state index contributed by atoms with van der Waals surface area (Å²) in [5, 5.41) is 0. The number of rotatable bonds is 11. The van der Waals surface area contributed by atoms with E-state index in [9.17, 15) is 19.2 Å². The fourth-order valence-corrected chi connectivity index (χ4v) is 3.18. The lowest BCUT2D eigenvalue weighted by molar-refractivity contribution is -0.121.